The highest BCUT2D eigenvalue weighted by atomic mass is 16.2. The second kappa shape index (κ2) is 6.68. The normalized spacial score (nSPS) is 16.6. The lowest BCUT2D eigenvalue weighted by Gasteiger charge is -2.31. The molecule has 0 spiro atoms. The van der Waals surface area contributed by atoms with E-state index in [9.17, 15) is 4.79 Å². The highest BCUT2D eigenvalue weighted by Crippen LogP contribution is 2.14. The zero-order chi connectivity index (χ0) is 13.7. The van der Waals surface area contributed by atoms with E-state index in [1.807, 2.05) is 38.2 Å². The summed E-state index contributed by atoms with van der Waals surface area (Å²) in [5.74, 6) is 0.0651. The minimum Gasteiger partial charge on any atom is -0.325 e. The van der Waals surface area contributed by atoms with Crippen molar-refractivity contribution in [3.05, 3.63) is 29.8 Å². The minimum absolute atomic E-state index is 0.0651. The number of hydrogen-bond acceptors (Lipinski definition) is 3. The van der Waals surface area contributed by atoms with Crippen molar-refractivity contribution in [1.29, 1.82) is 0 Å². The molecule has 1 saturated heterocycles. The molecule has 1 heterocycles. The molecule has 1 aromatic rings. The number of anilines is 1. The molecule has 0 saturated carbocycles. The Hall–Kier alpha value is -1.39. The van der Waals surface area contributed by atoms with Crippen molar-refractivity contribution in [3.8, 4) is 0 Å². The van der Waals surface area contributed by atoms with Gasteiger partial charge in [-0.2, -0.15) is 0 Å². The van der Waals surface area contributed by atoms with Crippen LogP contribution in [0.25, 0.3) is 0 Å². The van der Waals surface area contributed by atoms with Gasteiger partial charge in [-0.05, 0) is 51.5 Å². The number of para-hydroxylation sites is 1. The summed E-state index contributed by atoms with van der Waals surface area (Å²) < 4.78 is 0. The average Bonchev–Trinajstić information content (AvgIpc) is 2.42. The molecule has 2 N–H and O–H groups in total. The highest BCUT2D eigenvalue weighted by molar-refractivity contribution is 5.92. The molecular weight excluding hydrogens is 238 g/mol. The molecule has 1 amide bonds. The van der Waals surface area contributed by atoms with Gasteiger partial charge >= 0.3 is 0 Å². The van der Waals surface area contributed by atoms with Gasteiger partial charge in [-0.1, -0.05) is 18.2 Å². The number of aryl methyl sites for hydroxylation is 1. The van der Waals surface area contributed by atoms with Gasteiger partial charge in [0.1, 0.15) is 0 Å². The maximum absolute atomic E-state index is 12.0. The topological polar surface area (TPSA) is 44.4 Å². The Labute approximate surface area is 115 Å². The average molecular weight is 261 g/mol. The van der Waals surface area contributed by atoms with E-state index in [0.29, 0.717) is 12.6 Å². The first-order chi connectivity index (χ1) is 9.16. The Morgan fingerprint density at radius 3 is 2.74 bits per heavy atom. The van der Waals surface area contributed by atoms with Crippen molar-refractivity contribution in [2.24, 2.45) is 0 Å². The van der Waals surface area contributed by atoms with Gasteiger partial charge in [-0.15, -0.1) is 0 Å². The molecular formula is C15H23N3O. The van der Waals surface area contributed by atoms with E-state index in [2.05, 4.69) is 15.5 Å². The first kappa shape index (κ1) is 14.0. The number of hydrogen-bond donors (Lipinski definition) is 2. The van der Waals surface area contributed by atoms with Crippen molar-refractivity contribution in [2.75, 3.05) is 32.0 Å². The molecule has 0 atom stereocenters. The molecule has 0 unspecified atom stereocenters. The third-order valence-corrected chi connectivity index (χ3v) is 3.74. The number of rotatable bonds is 4. The summed E-state index contributed by atoms with van der Waals surface area (Å²) in [4.78, 5) is 14.2. The SMILES string of the molecule is Cc1ccccc1NC(=O)CN(C)C1CCNCC1. The lowest BCUT2D eigenvalue weighted by molar-refractivity contribution is -0.117. The number of amides is 1. The van der Waals surface area contributed by atoms with Crippen LogP contribution in [0.5, 0.6) is 0 Å². The van der Waals surface area contributed by atoms with Crippen molar-refractivity contribution in [3.63, 3.8) is 0 Å². The predicted octanol–water partition coefficient (Wildman–Crippen LogP) is 1.62. The summed E-state index contributed by atoms with van der Waals surface area (Å²) in [7, 11) is 2.04. The number of carbonyl (C=O) groups excluding carboxylic acids is 1. The van der Waals surface area contributed by atoms with Crippen LogP contribution in [0.15, 0.2) is 24.3 Å². The van der Waals surface area contributed by atoms with Crippen LogP contribution in [0, 0.1) is 6.92 Å². The molecule has 0 aliphatic carbocycles. The Morgan fingerprint density at radius 1 is 1.37 bits per heavy atom. The molecule has 4 nitrogen and oxygen atoms in total. The summed E-state index contributed by atoms with van der Waals surface area (Å²) in [6.45, 7) is 4.56. The monoisotopic (exact) mass is 261 g/mol. The lowest BCUT2D eigenvalue weighted by atomic mass is 10.1. The van der Waals surface area contributed by atoms with Gasteiger partial charge in [0, 0.05) is 11.7 Å². The fourth-order valence-electron chi connectivity index (χ4n) is 2.51. The molecule has 2 rings (SSSR count). The summed E-state index contributed by atoms with van der Waals surface area (Å²) in [6, 6.07) is 8.39. The number of nitrogens with one attached hydrogen (secondary N) is 2. The van der Waals surface area contributed by atoms with Gasteiger partial charge in [-0.25, -0.2) is 0 Å². The molecule has 4 heteroatoms. The highest BCUT2D eigenvalue weighted by Gasteiger charge is 2.19. The second-order valence-corrected chi connectivity index (χ2v) is 5.26. The van der Waals surface area contributed by atoms with Crippen molar-refractivity contribution in [2.45, 2.75) is 25.8 Å². The Balaban J connectivity index is 1.85. The molecule has 0 aromatic heterocycles. The van der Waals surface area contributed by atoms with Crippen LogP contribution < -0.4 is 10.6 Å². The smallest absolute Gasteiger partial charge is 0.238 e. The van der Waals surface area contributed by atoms with E-state index in [-0.39, 0.29) is 5.91 Å². The quantitative estimate of drug-likeness (QED) is 0.865. The minimum atomic E-state index is 0.0651. The maximum atomic E-state index is 12.0. The number of nitrogens with zero attached hydrogens (tertiary/aromatic N) is 1. The van der Waals surface area contributed by atoms with E-state index < -0.39 is 0 Å². The van der Waals surface area contributed by atoms with Gasteiger partial charge in [0.15, 0.2) is 0 Å². The van der Waals surface area contributed by atoms with Crippen LogP contribution in [0.2, 0.25) is 0 Å². The number of carbonyl (C=O) groups is 1. The molecule has 1 aromatic carbocycles. The third-order valence-electron chi connectivity index (χ3n) is 3.74. The summed E-state index contributed by atoms with van der Waals surface area (Å²) in [5, 5.41) is 6.33. The van der Waals surface area contributed by atoms with Gasteiger partial charge in [0.2, 0.25) is 5.91 Å². The van der Waals surface area contributed by atoms with Crippen molar-refractivity contribution in [1.82, 2.24) is 10.2 Å². The van der Waals surface area contributed by atoms with Crippen molar-refractivity contribution >= 4 is 11.6 Å². The van der Waals surface area contributed by atoms with Crippen LogP contribution in [0.4, 0.5) is 5.69 Å². The van der Waals surface area contributed by atoms with E-state index in [4.69, 9.17) is 0 Å². The summed E-state index contributed by atoms with van der Waals surface area (Å²) in [5.41, 5.74) is 2.01. The summed E-state index contributed by atoms with van der Waals surface area (Å²) in [6.07, 6.45) is 2.24. The Kier molecular flexibility index (Phi) is 4.93. The number of piperidine rings is 1. The van der Waals surface area contributed by atoms with Crippen LogP contribution >= 0.6 is 0 Å². The van der Waals surface area contributed by atoms with Crippen LogP contribution in [0.3, 0.4) is 0 Å². The molecule has 19 heavy (non-hydrogen) atoms. The molecule has 0 bridgehead atoms. The maximum Gasteiger partial charge on any atom is 0.238 e. The van der Waals surface area contributed by atoms with Crippen LogP contribution in [-0.4, -0.2) is 43.5 Å². The lowest BCUT2D eigenvalue weighted by Crippen LogP contribution is -2.44. The number of benzene rings is 1. The van der Waals surface area contributed by atoms with Gasteiger partial charge in [0.05, 0.1) is 6.54 Å². The zero-order valence-electron chi connectivity index (χ0n) is 11.8. The Morgan fingerprint density at radius 2 is 2.05 bits per heavy atom. The van der Waals surface area contributed by atoms with Crippen LogP contribution in [-0.2, 0) is 4.79 Å². The van der Waals surface area contributed by atoms with Crippen molar-refractivity contribution < 1.29 is 4.79 Å². The molecule has 104 valence electrons. The van der Waals surface area contributed by atoms with E-state index >= 15 is 0 Å². The predicted molar refractivity (Wildman–Crippen MR) is 78.3 cm³/mol. The molecule has 1 fully saturated rings. The molecule has 1 aliphatic rings. The van der Waals surface area contributed by atoms with E-state index in [1.165, 1.54) is 0 Å². The largest absolute Gasteiger partial charge is 0.325 e. The van der Waals surface area contributed by atoms with E-state index in [0.717, 1.165) is 37.2 Å². The van der Waals surface area contributed by atoms with Gasteiger partial charge in [0.25, 0.3) is 0 Å². The van der Waals surface area contributed by atoms with Gasteiger partial charge in [-0.3, -0.25) is 9.69 Å². The fourth-order valence-corrected chi connectivity index (χ4v) is 2.51. The second-order valence-electron chi connectivity index (χ2n) is 5.26. The first-order valence-electron chi connectivity index (χ1n) is 6.93. The van der Waals surface area contributed by atoms with Crippen LogP contribution in [0.1, 0.15) is 18.4 Å². The standard InChI is InChI=1S/C15H23N3O/c1-12-5-3-4-6-14(12)17-15(19)11-18(2)13-7-9-16-10-8-13/h3-6,13,16H,7-11H2,1-2H3,(H,17,19). The third kappa shape index (κ3) is 4.04. The fraction of sp³-hybridized carbons (Fsp3) is 0.533. The van der Waals surface area contributed by atoms with E-state index in [1.54, 1.807) is 0 Å². The molecule has 0 radical (unpaired) electrons. The Bertz CT molecular complexity index is 427. The summed E-state index contributed by atoms with van der Waals surface area (Å²) >= 11 is 0. The van der Waals surface area contributed by atoms with Gasteiger partial charge < -0.3 is 10.6 Å². The zero-order valence-corrected chi connectivity index (χ0v) is 11.8. The number of likely N-dealkylation sites (N-methyl/N-ethyl adjacent to an activating group) is 1. The molecule has 1 aliphatic heterocycles. The first-order valence-corrected chi connectivity index (χ1v) is 6.93.